The Hall–Kier alpha value is -3.85. The van der Waals surface area contributed by atoms with Crippen molar-refractivity contribution >= 4 is 23.7 Å². The summed E-state index contributed by atoms with van der Waals surface area (Å²) in [7, 11) is 1.59. The first-order chi connectivity index (χ1) is 17.3. The molecule has 0 saturated heterocycles. The molecule has 2 rings (SSSR count). The number of anilines is 1. The van der Waals surface area contributed by atoms with Crippen molar-refractivity contribution in [3.8, 4) is 5.75 Å². The van der Waals surface area contributed by atoms with Crippen molar-refractivity contribution in [2.45, 2.75) is 41.0 Å². The number of aryl methyl sites for hydroxylation is 1. The highest BCUT2D eigenvalue weighted by Gasteiger charge is 2.38. The summed E-state index contributed by atoms with van der Waals surface area (Å²) in [4.78, 5) is 30.3. The average Bonchev–Trinajstić information content (AvgIpc) is 3.16. The second-order valence-corrected chi connectivity index (χ2v) is 7.97. The first-order valence-corrected chi connectivity index (χ1v) is 11.7. The molecule has 2 N–H and O–H groups in total. The van der Waals surface area contributed by atoms with E-state index in [1.165, 1.54) is 6.20 Å². The van der Waals surface area contributed by atoms with Crippen LogP contribution in [0.1, 0.15) is 39.7 Å². The maximum Gasteiger partial charge on any atom is 0.347 e. The first kappa shape index (κ1) is 28.4. The monoisotopic (exact) mass is 497 g/mol. The summed E-state index contributed by atoms with van der Waals surface area (Å²) in [5, 5.41) is 6.04. The molecule has 1 heterocycles. The summed E-state index contributed by atoms with van der Waals surface area (Å²) < 4.78 is 22.0. The molecule has 0 fully saturated rings. The molecule has 194 valence electrons. The number of allylic oxidation sites excluding steroid dienone is 3. The van der Waals surface area contributed by atoms with E-state index in [-0.39, 0.29) is 23.8 Å². The van der Waals surface area contributed by atoms with E-state index >= 15 is 0 Å². The van der Waals surface area contributed by atoms with E-state index in [0.29, 0.717) is 42.5 Å². The molecule has 0 aromatic heterocycles. The van der Waals surface area contributed by atoms with Gasteiger partial charge in [0.05, 0.1) is 18.9 Å². The highest BCUT2D eigenvalue weighted by Crippen LogP contribution is 2.34. The average molecular weight is 498 g/mol. The van der Waals surface area contributed by atoms with Gasteiger partial charge in [-0.2, -0.15) is 0 Å². The van der Waals surface area contributed by atoms with E-state index in [4.69, 9.17) is 18.9 Å². The number of hydrogen-bond donors (Lipinski definition) is 2. The molecule has 1 aromatic carbocycles. The second kappa shape index (κ2) is 13.9. The lowest BCUT2D eigenvalue weighted by Crippen LogP contribution is -2.16. The van der Waals surface area contributed by atoms with Gasteiger partial charge < -0.3 is 29.6 Å². The van der Waals surface area contributed by atoms with Gasteiger partial charge in [-0.05, 0) is 76.1 Å². The molecule has 1 aliphatic heterocycles. The molecule has 0 saturated carbocycles. The fraction of sp³-hybridized carbons (Fsp3) is 0.370. The predicted molar refractivity (Wildman–Crippen MR) is 139 cm³/mol. The van der Waals surface area contributed by atoms with Gasteiger partial charge in [-0.1, -0.05) is 12.6 Å². The third-order valence-electron chi connectivity index (χ3n) is 5.09. The summed E-state index contributed by atoms with van der Waals surface area (Å²) in [6.07, 6.45) is 3.57. The van der Waals surface area contributed by atoms with Gasteiger partial charge in [0.15, 0.2) is 11.3 Å². The van der Waals surface area contributed by atoms with Gasteiger partial charge in [-0.15, -0.1) is 0 Å². The zero-order valence-corrected chi connectivity index (χ0v) is 21.8. The summed E-state index contributed by atoms with van der Waals surface area (Å²) >= 11 is 0. The van der Waals surface area contributed by atoms with Crippen LogP contribution in [0.2, 0.25) is 0 Å². The molecule has 0 amide bonds. The van der Waals surface area contributed by atoms with Crippen molar-refractivity contribution in [3.05, 3.63) is 70.7 Å². The molecule has 0 aliphatic carbocycles. The van der Waals surface area contributed by atoms with Crippen LogP contribution in [0.15, 0.2) is 70.2 Å². The number of nitrogens with one attached hydrogen (secondary N) is 2. The van der Waals surface area contributed by atoms with Gasteiger partial charge in [0, 0.05) is 13.3 Å². The number of Topliss-reactive ketones (excluding diaryl/α,β-unsaturated/α-hetero) is 1. The number of esters is 1. The Kier molecular flexibility index (Phi) is 11.0. The van der Waals surface area contributed by atoms with E-state index < -0.39 is 11.8 Å². The summed E-state index contributed by atoms with van der Waals surface area (Å²) in [6.45, 7) is 13.6. The topological polar surface area (TPSA) is 107 Å². The Morgan fingerprint density at radius 3 is 2.64 bits per heavy atom. The second-order valence-electron chi connectivity index (χ2n) is 7.97. The van der Waals surface area contributed by atoms with Crippen LogP contribution in [0.4, 0.5) is 5.69 Å². The maximum absolute atomic E-state index is 13.3. The molecule has 0 bridgehead atoms. The number of ether oxygens (including phenoxy) is 4. The number of nitrogens with zero attached hydrogens (tertiary/aromatic N) is 1. The van der Waals surface area contributed by atoms with Gasteiger partial charge in [0.25, 0.3) is 0 Å². The number of methoxy groups -OCH3 is 1. The van der Waals surface area contributed by atoms with Gasteiger partial charge in [0.2, 0.25) is 11.7 Å². The smallest absolute Gasteiger partial charge is 0.347 e. The molecule has 36 heavy (non-hydrogen) atoms. The molecule has 1 aliphatic rings. The molecule has 0 unspecified atom stereocenters. The molecule has 0 spiro atoms. The fourth-order valence-corrected chi connectivity index (χ4v) is 3.44. The minimum absolute atomic E-state index is 0.00843. The van der Waals surface area contributed by atoms with Crippen LogP contribution in [0.3, 0.4) is 0 Å². The molecule has 9 nitrogen and oxygen atoms in total. The molecule has 0 radical (unpaired) electrons. The summed E-state index contributed by atoms with van der Waals surface area (Å²) in [6, 6.07) is 5.52. The van der Waals surface area contributed by atoms with Crippen LogP contribution < -0.4 is 15.4 Å². The van der Waals surface area contributed by atoms with E-state index in [0.717, 1.165) is 11.1 Å². The van der Waals surface area contributed by atoms with Crippen LogP contribution >= 0.6 is 0 Å². The highest BCUT2D eigenvalue weighted by molar-refractivity contribution is 6.25. The van der Waals surface area contributed by atoms with E-state index in [1.54, 1.807) is 40.2 Å². The van der Waals surface area contributed by atoms with E-state index in [9.17, 15) is 9.59 Å². The normalized spacial score (nSPS) is 15.4. The maximum atomic E-state index is 13.3. The lowest BCUT2D eigenvalue weighted by Gasteiger charge is -2.15. The lowest BCUT2D eigenvalue weighted by atomic mass is 10.0. The highest BCUT2D eigenvalue weighted by atomic mass is 16.5. The quantitative estimate of drug-likeness (QED) is 0.135. The molecule has 1 aromatic rings. The number of aliphatic imine (C=N–C) groups is 1. The third kappa shape index (κ3) is 7.32. The summed E-state index contributed by atoms with van der Waals surface area (Å²) in [5.41, 5.74) is 2.80. The van der Waals surface area contributed by atoms with Gasteiger partial charge >= 0.3 is 5.97 Å². The Bertz CT molecular complexity index is 1110. The Morgan fingerprint density at radius 2 is 2.00 bits per heavy atom. The van der Waals surface area contributed by atoms with E-state index in [2.05, 4.69) is 22.2 Å². The third-order valence-corrected chi connectivity index (χ3v) is 5.09. The Balaban J connectivity index is 2.45. The minimum Gasteiger partial charge on any atom is -0.489 e. The first-order valence-electron chi connectivity index (χ1n) is 11.7. The van der Waals surface area contributed by atoms with Gasteiger partial charge in [-0.3, -0.25) is 4.79 Å². The van der Waals surface area contributed by atoms with Crippen LogP contribution in [-0.2, 0) is 23.8 Å². The van der Waals surface area contributed by atoms with Gasteiger partial charge in [0.1, 0.15) is 18.2 Å². The largest absolute Gasteiger partial charge is 0.489 e. The van der Waals surface area contributed by atoms with Crippen molar-refractivity contribution in [3.63, 3.8) is 0 Å². The van der Waals surface area contributed by atoms with Gasteiger partial charge in [-0.25, -0.2) is 9.79 Å². The lowest BCUT2D eigenvalue weighted by molar-refractivity contribution is -0.139. The Labute approximate surface area is 212 Å². The minimum atomic E-state index is -0.765. The Morgan fingerprint density at radius 1 is 1.25 bits per heavy atom. The number of rotatable bonds is 13. The predicted octanol–water partition coefficient (Wildman–Crippen LogP) is 4.53. The molecular weight excluding hydrogens is 462 g/mol. The SMILES string of the molecule is C=CN/C(N=CC)=C(/C)C/C(C)=C1\OC(Nc2ccc(C)cc2OCCOC)=C(C(=O)OCC)C1=O. The number of hydrogen-bond acceptors (Lipinski definition) is 9. The number of ketones is 1. The standard InChI is InChI=1S/C27H35N3O6/c1-8-28-25(29-9-2)19(6)16-18(5)24-23(31)22(27(32)34-10-3)26(36-24)30-20-12-11-17(4)15-21(20)35-14-13-33-7/h8-9,11-12,15,28,30H,1,10,13-14,16H2,2-7H3/b24-18-,25-19+,29-9?. The van der Waals surface area contributed by atoms with E-state index in [1.807, 2.05) is 26.0 Å². The number of carbonyl (C=O) groups is 2. The van der Waals surface area contributed by atoms with Crippen LogP contribution in [0, 0.1) is 6.92 Å². The number of benzene rings is 1. The van der Waals surface area contributed by atoms with Crippen molar-refractivity contribution in [1.82, 2.24) is 5.32 Å². The summed E-state index contributed by atoms with van der Waals surface area (Å²) in [5.74, 6) is -0.110. The zero-order chi connectivity index (χ0) is 26.7. The van der Waals surface area contributed by atoms with Crippen molar-refractivity contribution < 1.29 is 28.5 Å². The van der Waals surface area contributed by atoms with Crippen molar-refractivity contribution in [1.29, 1.82) is 0 Å². The van der Waals surface area contributed by atoms with Crippen molar-refractivity contribution in [2.75, 3.05) is 32.2 Å². The molecule has 9 heteroatoms. The molecular formula is C27H35N3O6. The fourth-order valence-electron chi connectivity index (χ4n) is 3.44. The van der Waals surface area contributed by atoms with Crippen molar-refractivity contribution in [2.24, 2.45) is 4.99 Å². The zero-order valence-electron chi connectivity index (χ0n) is 21.8. The number of carbonyl (C=O) groups excluding carboxylic acids is 2. The van der Waals surface area contributed by atoms with Crippen LogP contribution in [0.5, 0.6) is 5.75 Å². The molecule has 0 atom stereocenters. The van der Waals surface area contributed by atoms with Crippen LogP contribution in [-0.4, -0.2) is 44.9 Å². The van der Waals surface area contributed by atoms with Crippen LogP contribution in [0.25, 0.3) is 0 Å².